The lowest BCUT2D eigenvalue weighted by Crippen LogP contribution is -2.40. The molecule has 0 unspecified atom stereocenters. The van der Waals surface area contributed by atoms with E-state index in [0.717, 1.165) is 53.9 Å². The van der Waals surface area contributed by atoms with Crippen LogP contribution in [0.2, 0.25) is 0 Å². The molecule has 7 heteroatoms. The van der Waals surface area contributed by atoms with E-state index < -0.39 is 11.8 Å². The van der Waals surface area contributed by atoms with Crippen molar-refractivity contribution in [1.82, 2.24) is 19.5 Å². The summed E-state index contributed by atoms with van der Waals surface area (Å²) in [6.07, 6.45) is 6.25. The van der Waals surface area contributed by atoms with Crippen LogP contribution in [0.25, 0.3) is 22.3 Å². The molecule has 1 aliphatic heterocycles. The zero-order valence-electron chi connectivity index (χ0n) is 15.4. The summed E-state index contributed by atoms with van der Waals surface area (Å²) in [7, 11) is 0. The molecule has 1 fully saturated rings. The van der Waals surface area contributed by atoms with Gasteiger partial charge in [-0.2, -0.15) is 0 Å². The number of ketones is 1. The number of rotatable bonds is 4. The van der Waals surface area contributed by atoms with Crippen LogP contribution in [0.3, 0.4) is 0 Å². The maximum atomic E-state index is 13.0. The second-order valence-electron chi connectivity index (χ2n) is 7.84. The number of carbonyl (C=O) groups excluding carboxylic acids is 1. The number of aromatic nitrogens is 4. The lowest BCUT2D eigenvalue weighted by atomic mass is 9.77. The van der Waals surface area contributed by atoms with Crippen LogP contribution in [0.5, 0.6) is 0 Å². The first kappa shape index (κ1) is 17.4. The van der Waals surface area contributed by atoms with Crippen molar-refractivity contribution in [3.63, 3.8) is 0 Å². The van der Waals surface area contributed by atoms with E-state index in [1.54, 1.807) is 12.3 Å². The fourth-order valence-corrected chi connectivity index (χ4v) is 4.13. The monoisotopic (exact) mass is 382 g/mol. The highest BCUT2D eigenvalue weighted by Crippen LogP contribution is 2.43. The van der Waals surface area contributed by atoms with E-state index in [-0.39, 0.29) is 25.0 Å². The largest absolute Gasteiger partial charge is 0.327 e. The van der Waals surface area contributed by atoms with E-state index in [4.69, 9.17) is 4.98 Å². The maximum absolute atomic E-state index is 13.0. The number of hydrogen-bond donors (Lipinski definition) is 0. The Kier molecular flexibility index (Phi) is 4.00. The van der Waals surface area contributed by atoms with Crippen LogP contribution in [0.15, 0.2) is 30.6 Å². The zero-order valence-corrected chi connectivity index (χ0v) is 15.4. The predicted molar refractivity (Wildman–Crippen MR) is 100 cm³/mol. The molecule has 0 N–H and O–H groups in total. The normalized spacial score (nSPS) is 18.6. The molecule has 5 nitrogen and oxygen atoms in total. The molecule has 0 bridgehead atoms. The van der Waals surface area contributed by atoms with Crippen LogP contribution < -0.4 is 0 Å². The summed E-state index contributed by atoms with van der Waals surface area (Å²) >= 11 is 0. The molecule has 0 atom stereocenters. The fraction of sp³-hybridized carbons (Fsp3) is 0.429. The number of nitrogens with zero attached hydrogens (tertiary/aromatic N) is 4. The highest BCUT2D eigenvalue weighted by molar-refractivity contribution is 5.86. The Morgan fingerprint density at radius 3 is 2.86 bits per heavy atom. The molecule has 0 aromatic carbocycles. The van der Waals surface area contributed by atoms with Gasteiger partial charge >= 0.3 is 0 Å². The van der Waals surface area contributed by atoms with E-state index in [1.807, 2.05) is 18.3 Å². The van der Waals surface area contributed by atoms with Gasteiger partial charge in [0.2, 0.25) is 5.92 Å². The Balaban J connectivity index is 1.42. The summed E-state index contributed by atoms with van der Waals surface area (Å²) in [4.78, 5) is 25.8. The lowest BCUT2D eigenvalue weighted by molar-refractivity contribution is -0.147. The predicted octanol–water partition coefficient (Wildman–Crippen LogP) is 3.99. The van der Waals surface area contributed by atoms with Crippen molar-refractivity contribution >= 4 is 16.7 Å². The highest BCUT2D eigenvalue weighted by atomic mass is 19.3. The second-order valence-corrected chi connectivity index (χ2v) is 7.84. The van der Waals surface area contributed by atoms with Crippen molar-refractivity contribution in [1.29, 1.82) is 0 Å². The maximum Gasteiger partial charge on any atom is 0.249 e. The van der Waals surface area contributed by atoms with Gasteiger partial charge in [-0.3, -0.25) is 9.78 Å². The first-order chi connectivity index (χ1) is 13.5. The van der Waals surface area contributed by atoms with E-state index in [9.17, 15) is 13.6 Å². The minimum absolute atomic E-state index is 0.0741. The highest BCUT2D eigenvalue weighted by Gasteiger charge is 2.48. The van der Waals surface area contributed by atoms with Gasteiger partial charge in [0.15, 0.2) is 0 Å². The van der Waals surface area contributed by atoms with Crippen molar-refractivity contribution in [2.75, 3.05) is 0 Å². The first-order valence-electron chi connectivity index (χ1n) is 9.69. The number of Topliss-reactive ketones (excluding diaryl/α,β-unsaturated/α-hetero) is 1. The number of alkyl halides is 2. The molecule has 144 valence electrons. The van der Waals surface area contributed by atoms with Crippen molar-refractivity contribution < 1.29 is 13.6 Å². The molecule has 0 amide bonds. The summed E-state index contributed by atoms with van der Waals surface area (Å²) < 4.78 is 28.2. The summed E-state index contributed by atoms with van der Waals surface area (Å²) in [5.74, 6) is -2.30. The molecule has 1 saturated carbocycles. The van der Waals surface area contributed by atoms with Crippen LogP contribution in [0.4, 0.5) is 8.78 Å². The van der Waals surface area contributed by atoms with Gasteiger partial charge in [0.1, 0.15) is 11.6 Å². The topological polar surface area (TPSA) is 60.7 Å². The van der Waals surface area contributed by atoms with Gasteiger partial charge in [0.05, 0.1) is 23.1 Å². The quantitative estimate of drug-likeness (QED) is 0.685. The Morgan fingerprint density at radius 2 is 2.04 bits per heavy atom. The van der Waals surface area contributed by atoms with E-state index in [1.165, 1.54) is 0 Å². The molecule has 0 spiro atoms. The van der Waals surface area contributed by atoms with Gasteiger partial charge < -0.3 is 4.57 Å². The third kappa shape index (κ3) is 3.08. The first-order valence-corrected chi connectivity index (χ1v) is 9.69. The van der Waals surface area contributed by atoms with Gasteiger partial charge in [-0.15, -0.1) is 0 Å². The fourth-order valence-electron chi connectivity index (χ4n) is 4.13. The molecule has 0 saturated heterocycles. The average molecular weight is 382 g/mol. The third-order valence-electron chi connectivity index (χ3n) is 5.76. The second kappa shape index (κ2) is 6.43. The minimum Gasteiger partial charge on any atom is -0.327 e. The number of fused-ring (bicyclic) bond motifs is 2. The third-order valence-corrected chi connectivity index (χ3v) is 5.76. The molecule has 1 aliphatic carbocycles. The standard InChI is InChI=1S/C21H20F2N4O/c22-21(23)9-14(10-21)19(28)8-15-7-17-13(11-24-15)4-5-16(26-17)18-12-25-20-3-1-2-6-27(18)20/h4-5,7,11-12,14H,1-3,6,8-10H2. The zero-order chi connectivity index (χ0) is 19.3. The van der Waals surface area contributed by atoms with E-state index >= 15 is 0 Å². The van der Waals surface area contributed by atoms with Crippen LogP contribution in [0, 0.1) is 5.92 Å². The lowest BCUT2D eigenvalue weighted by Gasteiger charge is -2.33. The molecule has 3 aromatic heterocycles. The summed E-state index contributed by atoms with van der Waals surface area (Å²) in [6.45, 7) is 0.951. The van der Waals surface area contributed by atoms with Gasteiger partial charge in [-0.25, -0.2) is 18.7 Å². The number of aryl methyl sites for hydroxylation is 1. The van der Waals surface area contributed by atoms with Crippen LogP contribution >= 0.6 is 0 Å². The number of imidazole rings is 1. The molecule has 2 aliphatic rings. The van der Waals surface area contributed by atoms with Crippen LogP contribution in [-0.4, -0.2) is 31.2 Å². The number of halogens is 2. The number of carbonyl (C=O) groups is 1. The summed E-state index contributed by atoms with van der Waals surface area (Å²) in [6, 6.07) is 5.72. The molecule has 0 radical (unpaired) electrons. The van der Waals surface area contributed by atoms with Crippen molar-refractivity contribution in [3.8, 4) is 11.4 Å². The van der Waals surface area contributed by atoms with E-state index in [2.05, 4.69) is 14.5 Å². The van der Waals surface area contributed by atoms with Crippen molar-refractivity contribution in [2.24, 2.45) is 5.92 Å². The average Bonchev–Trinajstić information content (AvgIpc) is 3.09. The molecule has 5 rings (SSSR count). The molecular formula is C21H20F2N4O. The molecule has 28 heavy (non-hydrogen) atoms. The van der Waals surface area contributed by atoms with Crippen LogP contribution in [-0.2, 0) is 24.2 Å². The van der Waals surface area contributed by atoms with Gasteiger partial charge in [0.25, 0.3) is 0 Å². The smallest absolute Gasteiger partial charge is 0.249 e. The van der Waals surface area contributed by atoms with Crippen molar-refractivity contribution in [2.45, 2.75) is 51.0 Å². The summed E-state index contributed by atoms with van der Waals surface area (Å²) in [5.41, 5.74) is 3.17. The number of hydrogen-bond acceptors (Lipinski definition) is 4. The SMILES string of the molecule is O=C(Cc1cc2nc(-c3cnc4n3CCCC4)ccc2cn1)C1CC(F)(F)C1. The van der Waals surface area contributed by atoms with Gasteiger partial charge in [-0.1, -0.05) is 0 Å². The summed E-state index contributed by atoms with van der Waals surface area (Å²) in [5, 5.41) is 0.883. The Bertz CT molecular complexity index is 1070. The van der Waals surface area contributed by atoms with Crippen molar-refractivity contribution in [3.05, 3.63) is 42.1 Å². The van der Waals surface area contributed by atoms with Gasteiger partial charge in [-0.05, 0) is 31.0 Å². The molecule has 3 aromatic rings. The molecule has 4 heterocycles. The Morgan fingerprint density at radius 1 is 1.18 bits per heavy atom. The molecular weight excluding hydrogens is 362 g/mol. The minimum atomic E-state index is -2.68. The van der Waals surface area contributed by atoms with Crippen LogP contribution in [0.1, 0.15) is 37.2 Å². The number of pyridine rings is 2. The Hall–Kier alpha value is -2.70. The van der Waals surface area contributed by atoms with E-state index in [0.29, 0.717) is 5.69 Å². The van der Waals surface area contributed by atoms with Gasteiger partial charge in [0, 0.05) is 55.4 Å². The Labute approximate surface area is 160 Å².